The molecule has 0 radical (unpaired) electrons. The molecule has 1 aliphatic rings. The van der Waals surface area contributed by atoms with Crippen LogP contribution in [-0.2, 0) is 19.1 Å². The number of nitrogens with zero attached hydrogens (tertiary/aromatic N) is 1. The van der Waals surface area contributed by atoms with Gasteiger partial charge in [0.2, 0.25) is 0 Å². The van der Waals surface area contributed by atoms with E-state index in [1.165, 1.54) is 6.33 Å². The van der Waals surface area contributed by atoms with Gasteiger partial charge < -0.3 is 19.8 Å². The summed E-state index contributed by atoms with van der Waals surface area (Å²) in [6.07, 6.45) is 1.41. The monoisotopic (exact) mass is 353 g/mol. The third-order valence-corrected chi connectivity index (χ3v) is 3.96. The maximum Gasteiger partial charge on any atom is 0.336 e. The van der Waals surface area contributed by atoms with Crippen LogP contribution in [0.5, 0.6) is 0 Å². The molecule has 0 fully saturated rings. The number of esters is 2. The third-order valence-electron chi connectivity index (χ3n) is 3.66. The van der Waals surface area contributed by atoms with E-state index < -0.39 is 17.9 Å². The topological polar surface area (TPSA) is 93.3 Å². The van der Waals surface area contributed by atoms with Gasteiger partial charge in [-0.2, -0.15) is 0 Å². The summed E-state index contributed by atoms with van der Waals surface area (Å²) in [4.78, 5) is 31.8. The van der Waals surface area contributed by atoms with E-state index >= 15 is 0 Å². The molecule has 1 aromatic heterocycles. The number of hydrogen-bond donors (Lipinski definition) is 2. The van der Waals surface area contributed by atoms with Crippen LogP contribution < -0.4 is 5.32 Å². The fourth-order valence-electron chi connectivity index (χ4n) is 2.73. The lowest BCUT2D eigenvalue weighted by molar-refractivity contribution is -0.139. The average molecular weight is 354 g/mol. The number of dihydropyridines is 1. The van der Waals surface area contributed by atoms with Crippen LogP contribution in [0, 0.1) is 0 Å². The number of halogens is 1. The summed E-state index contributed by atoms with van der Waals surface area (Å²) in [6.45, 7) is 7.36. The molecule has 0 spiro atoms. The van der Waals surface area contributed by atoms with Crippen LogP contribution in [0.4, 0.5) is 0 Å². The van der Waals surface area contributed by atoms with Crippen molar-refractivity contribution in [3.8, 4) is 0 Å². The summed E-state index contributed by atoms with van der Waals surface area (Å²) < 4.78 is 10.3. The molecule has 0 aliphatic carbocycles. The Bertz CT molecular complexity index is 681. The van der Waals surface area contributed by atoms with E-state index in [1.54, 1.807) is 27.7 Å². The molecule has 2 heterocycles. The summed E-state index contributed by atoms with van der Waals surface area (Å²) in [5, 5.41) is 3.24. The van der Waals surface area contributed by atoms with Crippen molar-refractivity contribution in [3.63, 3.8) is 0 Å². The van der Waals surface area contributed by atoms with E-state index in [0.29, 0.717) is 28.2 Å². The fraction of sp³-hybridized carbons (Fsp3) is 0.438. The molecule has 0 saturated carbocycles. The zero-order valence-corrected chi connectivity index (χ0v) is 14.8. The summed E-state index contributed by atoms with van der Waals surface area (Å²) in [5.74, 6) is -1.78. The number of nitrogens with one attached hydrogen (secondary N) is 2. The molecular weight excluding hydrogens is 334 g/mol. The van der Waals surface area contributed by atoms with Gasteiger partial charge in [0.25, 0.3) is 0 Å². The predicted molar refractivity (Wildman–Crippen MR) is 88.1 cm³/mol. The quantitative estimate of drug-likeness (QED) is 0.790. The number of aromatic nitrogens is 2. The van der Waals surface area contributed by atoms with Crippen molar-refractivity contribution in [1.82, 2.24) is 15.3 Å². The summed E-state index contributed by atoms with van der Waals surface area (Å²) in [5.41, 5.74) is 2.24. The maximum atomic E-state index is 12.5. The molecular formula is C16H20ClN3O4. The largest absolute Gasteiger partial charge is 0.463 e. The Morgan fingerprint density at radius 2 is 1.62 bits per heavy atom. The van der Waals surface area contributed by atoms with Crippen LogP contribution in [0.2, 0.25) is 5.15 Å². The summed E-state index contributed by atoms with van der Waals surface area (Å²) in [6, 6.07) is 0. The number of H-pyrrole nitrogens is 1. The molecule has 7 nitrogen and oxygen atoms in total. The van der Waals surface area contributed by atoms with Gasteiger partial charge in [-0.25, -0.2) is 14.6 Å². The standard InChI is InChI=1S/C16H20ClN3O4/c1-5-23-15(21)10-8(3)20-9(4)11(16(22)24-6-2)12(10)13-14(17)19-7-18-13/h7,12,20H,5-6H2,1-4H3,(H,18,19). The van der Waals surface area contributed by atoms with Crippen molar-refractivity contribution in [3.05, 3.63) is 39.7 Å². The Balaban J connectivity index is 2.62. The Morgan fingerprint density at radius 3 is 2.00 bits per heavy atom. The highest BCUT2D eigenvalue weighted by Gasteiger charge is 2.39. The lowest BCUT2D eigenvalue weighted by atomic mass is 9.83. The van der Waals surface area contributed by atoms with Crippen LogP contribution >= 0.6 is 11.6 Å². The zero-order valence-electron chi connectivity index (χ0n) is 14.0. The first-order valence-corrected chi connectivity index (χ1v) is 8.01. The molecule has 130 valence electrons. The summed E-state index contributed by atoms with van der Waals surface area (Å²) in [7, 11) is 0. The molecule has 24 heavy (non-hydrogen) atoms. The van der Waals surface area contributed by atoms with Gasteiger partial charge in [-0.05, 0) is 27.7 Å². The zero-order chi connectivity index (χ0) is 17.9. The molecule has 0 unspecified atom stereocenters. The molecule has 0 aromatic carbocycles. The van der Waals surface area contributed by atoms with E-state index in [1.807, 2.05) is 0 Å². The minimum absolute atomic E-state index is 0.186. The number of carbonyl (C=O) groups excluding carboxylic acids is 2. The number of imidazole rings is 1. The minimum Gasteiger partial charge on any atom is -0.463 e. The Morgan fingerprint density at radius 1 is 1.12 bits per heavy atom. The smallest absolute Gasteiger partial charge is 0.336 e. The number of allylic oxidation sites excluding steroid dienone is 2. The first-order chi connectivity index (χ1) is 11.4. The van der Waals surface area contributed by atoms with E-state index in [4.69, 9.17) is 21.1 Å². The SMILES string of the molecule is CCOC(=O)C1=C(C)NC(C)=C(C(=O)OCC)C1c1[nH]cnc1Cl. The van der Waals surface area contributed by atoms with Crippen molar-refractivity contribution >= 4 is 23.5 Å². The maximum absolute atomic E-state index is 12.5. The highest BCUT2D eigenvalue weighted by molar-refractivity contribution is 6.30. The van der Waals surface area contributed by atoms with Gasteiger partial charge in [-0.1, -0.05) is 11.6 Å². The van der Waals surface area contributed by atoms with E-state index in [0.717, 1.165) is 0 Å². The van der Waals surface area contributed by atoms with Crippen molar-refractivity contribution in [1.29, 1.82) is 0 Å². The van der Waals surface area contributed by atoms with Crippen molar-refractivity contribution < 1.29 is 19.1 Å². The fourth-order valence-corrected chi connectivity index (χ4v) is 2.94. The predicted octanol–water partition coefficient (Wildman–Crippen LogP) is 2.42. The summed E-state index contributed by atoms with van der Waals surface area (Å²) >= 11 is 6.15. The van der Waals surface area contributed by atoms with Gasteiger partial charge in [-0.3, -0.25) is 0 Å². The second-order valence-corrected chi connectivity index (χ2v) is 5.54. The lowest BCUT2D eigenvalue weighted by Crippen LogP contribution is -2.32. The normalized spacial score (nSPS) is 15.4. The highest BCUT2D eigenvalue weighted by Crippen LogP contribution is 2.40. The molecule has 0 atom stereocenters. The van der Waals surface area contributed by atoms with Crippen LogP contribution in [0.15, 0.2) is 28.9 Å². The van der Waals surface area contributed by atoms with Crippen molar-refractivity contribution in [2.45, 2.75) is 33.6 Å². The van der Waals surface area contributed by atoms with Gasteiger partial charge in [0.05, 0.1) is 42.3 Å². The molecule has 2 N–H and O–H groups in total. The van der Waals surface area contributed by atoms with E-state index in [-0.39, 0.29) is 18.4 Å². The van der Waals surface area contributed by atoms with Crippen LogP contribution in [0.25, 0.3) is 0 Å². The third kappa shape index (κ3) is 3.31. The number of rotatable bonds is 5. The van der Waals surface area contributed by atoms with E-state index in [9.17, 15) is 9.59 Å². The minimum atomic E-state index is -0.737. The lowest BCUT2D eigenvalue weighted by Gasteiger charge is -2.29. The number of ether oxygens (including phenoxy) is 2. The molecule has 1 aliphatic heterocycles. The molecule has 1 aromatic rings. The van der Waals surface area contributed by atoms with E-state index in [2.05, 4.69) is 15.3 Å². The molecule has 0 amide bonds. The van der Waals surface area contributed by atoms with Gasteiger partial charge in [0.1, 0.15) is 0 Å². The number of carbonyl (C=O) groups is 2. The van der Waals surface area contributed by atoms with Crippen LogP contribution in [0.3, 0.4) is 0 Å². The first kappa shape index (κ1) is 18.1. The highest BCUT2D eigenvalue weighted by atomic mass is 35.5. The van der Waals surface area contributed by atoms with Crippen molar-refractivity contribution in [2.24, 2.45) is 0 Å². The number of aromatic amines is 1. The molecule has 0 bridgehead atoms. The van der Waals surface area contributed by atoms with Gasteiger partial charge in [0, 0.05) is 11.4 Å². The first-order valence-electron chi connectivity index (χ1n) is 7.63. The second kappa shape index (κ2) is 7.53. The molecule has 0 saturated heterocycles. The van der Waals surface area contributed by atoms with Crippen LogP contribution in [-0.4, -0.2) is 35.1 Å². The van der Waals surface area contributed by atoms with Crippen molar-refractivity contribution in [2.75, 3.05) is 13.2 Å². The molecule has 2 rings (SSSR count). The average Bonchev–Trinajstić information content (AvgIpc) is 2.92. The Labute approximate surface area is 145 Å². The van der Waals surface area contributed by atoms with Crippen LogP contribution in [0.1, 0.15) is 39.3 Å². The van der Waals surface area contributed by atoms with Gasteiger partial charge in [0.15, 0.2) is 5.15 Å². The van der Waals surface area contributed by atoms with Gasteiger partial charge in [-0.15, -0.1) is 0 Å². The second-order valence-electron chi connectivity index (χ2n) is 5.18. The Hall–Kier alpha value is -2.28. The molecule has 8 heteroatoms. The van der Waals surface area contributed by atoms with Gasteiger partial charge >= 0.3 is 11.9 Å². The number of hydrogen-bond acceptors (Lipinski definition) is 6. The Kier molecular flexibility index (Phi) is 5.66.